The van der Waals surface area contributed by atoms with Gasteiger partial charge in [0.05, 0.1) is 0 Å². The largest absolute Gasteiger partial charge is 0.426 e. The molecule has 0 fully saturated rings. The Morgan fingerprint density at radius 1 is 0.708 bits per heavy atom. The van der Waals surface area contributed by atoms with Crippen LogP contribution < -0.4 is 9.47 Å². The van der Waals surface area contributed by atoms with Crippen LogP contribution in [0.3, 0.4) is 0 Å². The van der Waals surface area contributed by atoms with E-state index < -0.39 is 0 Å². The van der Waals surface area contributed by atoms with E-state index in [0.29, 0.717) is 0 Å². The van der Waals surface area contributed by atoms with Crippen molar-refractivity contribution in [3.05, 3.63) is 46.6 Å². The summed E-state index contributed by atoms with van der Waals surface area (Å²) in [5.41, 5.74) is 4.25. The lowest BCUT2D eigenvalue weighted by Crippen LogP contribution is -2.15. The van der Waals surface area contributed by atoms with Crippen molar-refractivity contribution in [3.63, 3.8) is 0 Å². The molecule has 0 spiro atoms. The SMILES string of the molecule is CC(=O)Oc1c2c(c(OC(C)=O)c3c1[C@@H]1C=C[C@H]3C1)[C@H]1C=C[C@@H]2C1. The topological polar surface area (TPSA) is 52.6 Å². The van der Waals surface area contributed by atoms with Crippen molar-refractivity contribution >= 4 is 11.9 Å². The maximum Gasteiger partial charge on any atom is 0.308 e. The van der Waals surface area contributed by atoms with Crippen LogP contribution >= 0.6 is 0 Å². The van der Waals surface area contributed by atoms with Crippen molar-refractivity contribution in [1.82, 2.24) is 0 Å². The Bertz CT molecular complexity index is 741. The molecule has 4 bridgehead atoms. The summed E-state index contributed by atoms with van der Waals surface area (Å²) in [6, 6.07) is 0. The highest BCUT2D eigenvalue weighted by Crippen LogP contribution is 2.64. The number of hydrogen-bond donors (Lipinski definition) is 0. The average Bonchev–Trinajstić information content (AvgIpc) is 3.27. The molecule has 122 valence electrons. The monoisotopic (exact) mass is 322 g/mol. The third-order valence-corrected chi connectivity index (χ3v) is 5.70. The summed E-state index contributed by atoms with van der Waals surface area (Å²) in [4.78, 5) is 23.5. The van der Waals surface area contributed by atoms with Crippen LogP contribution in [0, 0.1) is 0 Å². The fourth-order valence-electron chi connectivity index (χ4n) is 5.01. The van der Waals surface area contributed by atoms with Gasteiger partial charge in [0.15, 0.2) is 0 Å². The van der Waals surface area contributed by atoms with Gasteiger partial charge in [-0.1, -0.05) is 24.3 Å². The summed E-state index contributed by atoms with van der Waals surface area (Å²) in [6.45, 7) is 2.90. The molecule has 4 aliphatic carbocycles. The summed E-state index contributed by atoms with van der Waals surface area (Å²) in [7, 11) is 0. The first-order chi connectivity index (χ1) is 11.5. The van der Waals surface area contributed by atoms with Crippen molar-refractivity contribution < 1.29 is 19.1 Å². The van der Waals surface area contributed by atoms with E-state index in [1.165, 1.54) is 13.8 Å². The van der Waals surface area contributed by atoms with Crippen LogP contribution in [0.5, 0.6) is 11.5 Å². The second-order valence-corrected chi connectivity index (χ2v) is 7.17. The average molecular weight is 322 g/mol. The molecule has 0 saturated carbocycles. The maximum atomic E-state index is 11.7. The van der Waals surface area contributed by atoms with E-state index >= 15 is 0 Å². The summed E-state index contributed by atoms with van der Waals surface area (Å²) in [5.74, 6) is 1.89. The third-order valence-electron chi connectivity index (χ3n) is 5.70. The van der Waals surface area contributed by atoms with Crippen LogP contribution in [0.25, 0.3) is 0 Å². The molecule has 4 heteroatoms. The van der Waals surface area contributed by atoms with Crippen molar-refractivity contribution in [3.8, 4) is 11.5 Å². The Balaban J connectivity index is 1.83. The minimum absolute atomic E-state index is 0.252. The number of allylic oxidation sites excluding steroid dienone is 4. The van der Waals surface area contributed by atoms with Crippen LogP contribution in [0.2, 0.25) is 0 Å². The lowest BCUT2D eigenvalue weighted by molar-refractivity contribution is -0.133. The first kappa shape index (κ1) is 14.0. The van der Waals surface area contributed by atoms with E-state index in [1.54, 1.807) is 0 Å². The number of benzene rings is 1. The van der Waals surface area contributed by atoms with E-state index in [-0.39, 0.29) is 35.6 Å². The van der Waals surface area contributed by atoms with Crippen molar-refractivity contribution in [1.29, 1.82) is 0 Å². The molecule has 0 heterocycles. The van der Waals surface area contributed by atoms with Gasteiger partial charge in [-0.15, -0.1) is 0 Å². The van der Waals surface area contributed by atoms with Gasteiger partial charge in [0.2, 0.25) is 0 Å². The lowest BCUT2D eigenvalue weighted by Gasteiger charge is -2.26. The van der Waals surface area contributed by atoms with Crippen LogP contribution in [0.1, 0.15) is 72.6 Å². The molecule has 5 rings (SSSR count). The fraction of sp³-hybridized carbons (Fsp3) is 0.400. The number of carbonyl (C=O) groups is 2. The summed E-state index contributed by atoms with van der Waals surface area (Å²) < 4.78 is 11.4. The van der Waals surface area contributed by atoms with Crippen molar-refractivity contribution in [2.24, 2.45) is 0 Å². The van der Waals surface area contributed by atoms with E-state index in [2.05, 4.69) is 24.3 Å². The van der Waals surface area contributed by atoms with E-state index in [1.807, 2.05) is 0 Å². The quantitative estimate of drug-likeness (QED) is 0.472. The molecule has 1 aromatic carbocycles. The second kappa shape index (κ2) is 4.59. The first-order valence-corrected chi connectivity index (χ1v) is 8.51. The van der Waals surface area contributed by atoms with Gasteiger partial charge < -0.3 is 9.47 Å². The van der Waals surface area contributed by atoms with Crippen molar-refractivity contribution in [2.75, 3.05) is 0 Å². The number of carbonyl (C=O) groups excluding carboxylic acids is 2. The van der Waals surface area contributed by atoms with Crippen LogP contribution in [-0.4, -0.2) is 11.9 Å². The molecule has 0 radical (unpaired) electrons. The van der Waals surface area contributed by atoms with Gasteiger partial charge in [-0.2, -0.15) is 0 Å². The zero-order valence-electron chi connectivity index (χ0n) is 13.7. The predicted molar refractivity (Wildman–Crippen MR) is 87.5 cm³/mol. The van der Waals surface area contributed by atoms with E-state index in [9.17, 15) is 9.59 Å². The highest BCUT2D eigenvalue weighted by atomic mass is 16.5. The van der Waals surface area contributed by atoms with Crippen molar-refractivity contribution in [2.45, 2.75) is 50.4 Å². The smallest absolute Gasteiger partial charge is 0.308 e. The molecular weight excluding hydrogens is 304 g/mol. The highest BCUT2D eigenvalue weighted by molar-refractivity contribution is 5.79. The molecule has 4 nitrogen and oxygen atoms in total. The Hall–Kier alpha value is -2.36. The van der Waals surface area contributed by atoms with Gasteiger partial charge >= 0.3 is 11.9 Å². The van der Waals surface area contributed by atoms with Gasteiger partial charge in [-0.3, -0.25) is 9.59 Å². The molecule has 0 unspecified atom stereocenters. The molecule has 24 heavy (non-hydrogen) atoms. The van der Waals surface area contributed by atoms with Crippen LogP contribution in [0.15, 0.2) is 24.3 Å². The number of esters is 2. The van der Waals surface area contributed by atoms with Gasteiger partial charge in [0.1, 0.15) is 11.5 Å². The molecule has 0 aliphatic heterocycles. The maximum absolute atomic E-state index is 11.7. The van der Waals surface area contributed by atoms with Gasteiger partial charge in [-0.25, -0.2) is 0 Å². The number of rotatable bonds is 2. The molecule has 1 aromatic rings. The standard InChI is InChI=1S/C20H18O4/c1-9(21)23-19-15-11-3-5-13(7-11)17(15)20(24-10(2)22)18-14-6-4-12(8-14)16(18)19/h3-6,11-14H,7-8H2,1-2H3/t11-,12-,13+,14+. The summed E-state index contributed by atoms with van der Waals surface area (Å²) in [5, 5.41) is 0. The molecule has 0 amide bonds. The Morgan fingerprint density at radius 2 is 1.00 bits per heavy atom. The highest BCUT2D eigenvalue weighted by Gasteiger charge is 2.47. The minimum Gasteiger partial charge on any atom is -0.426 e. The second-order valence-electron chi connectivity index (χ2n) is 7.17. The van der Waals surface area contributed by atoms with E-state index in [4.69, 9.17) is 9.47 Å². The van der Waals surface area contributed by atoms with E-state index in [0.717, 1.165) is 46.6 Å². The molecule has 0 saturated heterocycles. The van der Waals surface area contributed by atoms with Crippen LogP contribution in [0.4, 0.5) is 0 Å². The Kier molecular flexibility index (Phi) is 2.68. The zero-order chi connectivity index (χ0) is 16.6. The molecule has 0 aromatic heterocycles. The van der Waals surface area contributed by atoms with Gasteiger partial charge in [-0.05, 0) is 12.8 Å². The Labute approximate surface area is 140 Å². The third kappa shape index (κ3) is 1.68. The Morgan fingerprint density at radius 3 is 1.25 bits per heavy atom. The first-order valence-electron chi connectivity index (χ1n) is 8.51. The summed E-state index contributed by atoms with van der Waals surface area (Å²) in [6.07, 6.45) is 10.7. The molecule has 4 atom stereocenters. The summed E-state index contributed by atoms with van der Waals surface area (Å²) >= 11 is 0. The molecule has 4 aliphatic rings. The van der Waals surface area contributed by atoms with Crippen LogP contribution in [-0.2, 0) is 9.59 Å². The number of fused-ring (bicyclic) bond motifs is 10. The normalized spacial score (nSPS) is 29.8. The number of ether oxygens (including phenoxy) is 2. The zero-order valence-corrected chi connectivity index (χ0v) is 13.7. The van der Waals surface area contributed by atoms with Gasteiger partial charge in [0, 0.05) is 59.8 Å². The minimum atomic E-state index is -0.293. The molecule has 0 N–H and O–H groups in total. The van der Waals surface area contributed by atoms with Gasteiger partial charge in [0.25, 0.3) is 0 Å². The lowest BCUT2D eigenvalue weighted by atomic mass is 9.85. The fourth-order valence-corrected chi connectivity index (χ4v) is 5.01. The number of hydrogen-bond acceptors (Lipinski definition) is 4. The predicted octanol–water partition coefficient (Wildman–Crippen LogP) is 3.82. The molecular formula is C20H18O4.